The number of nitrogens with zero attached hydrogens (tertiary/aromatic N) is 1. The molecule has 0 aliphatic carbocycles. The number of halogens is 1. The molecule has 1 aliphatic heterocycles. The molecule has 1 aromatic carbocycles. The van der Waals surface area contributed by atoms with Crippen molar-refractivity contribution in [2.24, 2.45) is 0 Å². The van der Waals surface area contributed by atoms with Gasteiger partial charge in [0.05, 0.1) is 5.69 Å². The first-order valence-electron chi connectivity index (χ1n) is 6.08. The van der Waals surface area contributed by atoms with E-state index in [4.69, 9.17) is 4.74 Å². The number of carbonyl (C=O) groups excluding carboxylic acids is 1. The Bertz CT molecular complexity index is 491. The van der Waals surface area contributed by atoms with Crippen molar-refractivity contribution in [3.63, 3.8) is 0 Å². The fourth-order valence-corrected chi connectivity index (χ4v) is 2.74. The molecule has 1 aromatic rings. The molecule has 3 nitrogen and oxygen atoms in total. The molecular weight excluding hydrogens is 294 g/mol. The molecule has 18 heavy (non-hydrogen) atoms. The summed E-state index contributed by atoms with van der Waals surface area (Å²) in [5.41, 5.74) is 2.95. The summed E-state index contributed by atoms with van der Waals surface area (Å²) >= 11 is 3.52. The van der Waals surface area contributed by atoms with Crippen LogP contribution >= 0.6 is 15.9 Å². The average molecular weight is 312 g/mol. The molecule has 1 heterocycles. The van der Waals surface area contributed by atoms with Gasteiger partial charge in [0.2, 0.25) is 0 Å². The molecule has 0 N–H and O–H groups in total. The summed E-state index contributed by atoms with van der Waals surface area (Å²) in [5, 5.41) is 0. The van der Waals surface area contributed by atoms with Crippen LogP contribution in [0.25, 0.3) is 0 Å². The predicted octanol–water partition coefficient (Wildman–Crippen LogP) is 4.06. The Balaban J connectivity index is 2.32. The van der Waals surface area contributed by atoms with E-state index in [2.05, 4.69) is 28.9 Å². The van der Waals surface area contributed by atoms with Crippen molar-refractivity contribution in [2.75, 3.05) is 11.4 Å². The first-order chi connectivity index (χ1) is 8.29. The first-order valence-corrected chi connectivity index (χ1v) is 6.87. The van der Waals surface area contributed by atoms with Crippen LogP contribution in [0.1, 0.15) is 31.9 Å². The highest BCUT2D eigenvalue weighted by Gasteiger charge is 2.31. The standard InChI is InChI=1S/C14H18BrNO2/c1-9-5-6-11(15)12-10(9)7-8-16(12)13(17)18-14(2,3)4/h5-6H,7-8H2,1-4H3. The van der Waals surface area contributed by atoms with Gasteiger partial charge in [-0.05, 0) is 67.2 Å². The fourth-order valence-electron chi connectivity index (χ4n) is 2.15. The largest absolute Gasteiger partial charge is 0.443 e. The second-order valence-corrected chi connectivity index (χ2v) is 6.43. The number of ether oxygens (including phenoxy) is 1. The minimum Gasteiger partial charge on any atom is -0.443 e. The maximum atomic E-state index is 12.2. The predicted molar refractivity (Wildman–Crippen MR) is 76.2 cm³/mol. The smallest absolute Gasteiger partial charge is 0.414 e. The molecule has 0 bridgehead atoms. The van der Waals surface area contributed by atoms with Gasteiger partial charge < -0.3 is 4.74 Å². The summed E-state index contributed by atoms with van der Waals surface area (Å²) in [7, 11) is 0. The van der Waals surface area contributed by atoms with Gasteiger partial charge in [0.25, 0.3) is 0 Å². The van der Waals surface area contributed by atoms with Crippen LogP contribution in [0, 0.1) is 6.92 Å². The van der Waals surface area contributed by atoms with Crippen molar-refractivity contribution in [3.8, 4) is 0 Å². The number of hydrogen-bond acceptors (Lipinski definition) is 2. The van der Waals surface area contributed by atoms with Crippen LogP contribution in [-0.4, -0.2) is 18.2 Å². The van der Waals surface area contributed by atoms with E-state index in [9.17, 15) is 4.79 Å². The zero-order valence-corrected chi connectivity index (χ0v) is 12.8. The quantitative estimate of drug-likeness (QED) is 0.723. The molecule has 0 fully saturated rings. The first kappa shape index (κ1) is 13.4. The van der Waals surface area contributed by atoms with Gasteiger partial charge >= 0.3 is 6.09 Å². The highest BCUT2D eigenvalue weighted by Crippen LogP contribution is 2.38. The Morgan fingerprint density at radius 3 is 2.67 bits per heavy atom. The lowest BCUT2D eigenvalue weighted by Crippen LogP contribution is -2.35. The van der Waals surface area contributed by atoms with Gasteiger partial charge in [0.15, 0.2) is 0 Å². The number of aryl methyl sites for hydroxylation is 1. The van der Waals surface area contributed by atoms with Crippen molar-refractivity contribution in [1.29, 1.82) is 0 Å². The Hall–Kier alpha value is -1.03. The highest BCUT2D eigenvalue weighted by molar-refractivity contribution is 9.10. The molecule has 0 radical (unpaired) electrons. The van der Waals surface area contributed by atoms with Crippen LogP contribution in [-0.2, 0) is 11.2 Å². The van der Waals surface area contributed by atoms with Gasteiger partial charge in [0.1, 0.15) is 5.60 Å². The minimum absolute atomic E-state index is 0.271. The van der Waals surface area contributed by atoms with Crippen LogP contribution in [0.4, 0.5) is 10.5 Å². The summed E-state index contributed by atoms with van der Waals surface area (Å²) in [6.45, 7) is 8.41. The number of amides is 1. The molecule has 4 heteroatoms. The van der Waals surface area contributed by atoms with Crippen LogP contribution in [0.5, 0.6) is 0 Å². The van der Waals surface area contributed by atoms with Crippen LogP contribution < -0.4 is 4.90 Å². The molecule has 0 spiro atoms. The molecule has 0 atom stereocenters. The van der Waals surface area contributed by atoms with E-state index in [0.717, 1.165) is 16.6 Å². The number of anilines is 1. The zero-order valence-electron chi connectivity index (χ0n) is 11.2. The fraction of sp³-hybridized carbons (Fsp3) is 0.500. The molecule has 2 rings (SSSR count). The number of fused-ring (bicyclic) bond motifs is 1. The number of benzene rings is 1. The molecular formula is C14H18BrNO2. The minimum atomic E-state index is -0.462. The normalized spacial score (nSPS) is 14.6. The highest BCUT2D eigenvalue weighted by atomic mass is 79.9. The van der Waals surface area contributed by atoms with Crippen molar-refractivity contribution in [2.45, 2.75) is 39.7 Å². The van der Waals surface area contributed by atoms with E-state index in [-0.39, 0.29) is 6.09 Å². The molecule has 0 saturated carbocycles. The lowest BCUT2D eigenvalue weighted by Gasteiger charge is -2.25. The average Bonchev–Trinajstić information content (AvgIpc) is 2.66. The van der Waals surface area contributed by atoms with E-state index < -0.39 is 5.60 Å². The summed E-state index contributed by atoms with van der Waals surface area (Å²) in [5.74, 6) is 0. The molecule has 1 amide bonds. The third kappa shape index (κ3) is 2.53. The number of hydrogen-bond donors (Lipinski definition) is 0. The lowest BCUT2D eigenvalue weighted by molar-refractivity contribution is 0.0584. The number of rotatable bonds is 0. The van der Waals surface area contributed by atoms with E-state index in [0.29, 0.717) is 6.54 Å². The second-order valence-electron chi connectivity index (χ2n) is 5.57. The van der Waals surface area contributed by atoms with E-state index in [1.54, 1.807) is 4.90 Å². The topological polar surface area (TPSA) is 29.5 Å². The van der Waals surface area contributed by atoms with Crippen molar-refractivity contribution < 1.29 is 9.53 Å². The molecule has 98 valence electrons. The van der Waals surface area contributed by atoms with E-state index >= 15 is 0 Å². The van der Waals surface area contributed by atoms with Crippen molar-refractivity contribution in [1.82, 2.24) is 0 Å². The Morgan fingerprint density at radius 1 is 1.39 bits per heavy atom. The van der Waals surface area contributed by atoms with Crippen molar-refractivity contribution >= 4 is 27.7 Å². The molecule has 0 unspecified atom stereocenters. The third-order valence-corrected chi connectivity index (χ3v) is 3.58. The summed E-state index contributed by atoms with van der Waals surface area (Å²) < 4.78 is 6.39. The maximum absolute atomic E-state index is 12.2. The van der Waals surface area contributed by atoms with E-state index in [1.807, 2.05) is 26.8 Å². The van der Waals surface area contributed by atoms with E-state index in [1.165, 1.54) is 11.1 Å². The monoisotopic (exact) mass is 311 g/mol. The maximum Gasteiger partial charge on any atom is 0.414 e. The van der Waals surface area contributed by atoms with Gasteiger partial charge in [-0.25, -0.2) is 4.79 Å². The Morgan fingerprint density at radius 2 is 2.06 bits per heavy atom. The third-order valence-electron chi connectivity index (χ3n) is 2.94. The summed E-state index contributed by atoms with van der Waals surface area (Å²) in [6.07, 6.45) is 0.618. The van der Waals surface area contributed by atoms with Gasteiger partial charge in [-0.1, -0.05) is 6.07 Å². The van der Waals surface area contributed by atoms with Gasteiger partial charge in [0, 0.05) is 11.0 Å². The summed E-state index contributed by atoms with van der Waals surface area (Å²) in [6, 6.07) is 4.05. The second kappa shape index (κ2) is 4.57. The zero-order chi connectivity index (χ0) is 13.5. The van der Waals surface area contributed by atoms with Gasteiger partial charge in [-0.3, -0.25) is 4.90 Å². The lowest BCUT2D eigenvalue weighted by atomic mass is 10.1. The van der Waals surface area contributed by atoms with Crippen LogP contribution in [0.3, 0.4) is 0 Å². The van der Waals surface area contributed by atoms with Crippen LogP contribution in [0.15, 0.2) is 16.6 Å². The molecule has 0 aromatic heterocycles. The molecule has 1 aliphatic rings. The summed E-state index contributed by atoms with van der Waals surface area (Å²) in [4.78, 5) is 13.9. The van der Waals surface area contributed by atoms with Gasteiger partial charge in [-0.15, -0.1) is 0 Å². The Kier molecular flexibility index (Phi) is 3.41. The Labute approximate surface area is 116 Å². The van der Waals surface area contributed by atoms with Gasteiger partial charge in [-0.2, -0.15) is 0 Å². The molecule has 0 saturated heterocycles. The number of carbonyl (C=O) groups is 1. The van der Waals surface area contributed by atoms with Crippen molar-refractivity contribution in [3.05, 3.63) is 27.7 Å². The SMILES string of the molecule is Cc1ccc(Br)c2c1CCN2C(=O)OC(C)(C)C. The van der Waals surface area contributed by atoms with Crippen LogP contribution in [0.2, 0.25) is 0 Å².